The van der Waals surface area contributed by atoms with Crippen molar-refractivity contribution in [3.8, 4) is 0 Å². The average molecular weight is 375 g/mol. The topological polar surface area (TPSA) is 104 Å². The van der Waals surface area contributed by atoms with E-state index in [1.165, 1.54) is 11.3 Å². The molecule has 3 rings (SSSR count). The van der Waals surface area contributed by atoms with Gasteiger partial charge in [-0.1, -0.05) is 17.7 Å². The highest BCUT2D eigenvalue weighted by atomic mass is 35.5. The van der Waals surface area contributed by atoms with Crippen molar-refractivity contribution in [3.05, 3.63) is 33.1 Å². The minimum absolute atomic E-state index is 0.114. The van der Waals surface area contributed by atoms with Crippen LogP contribution in [0.5, 0.6) is 0 Å². The number of β-lactam (4-membered cyclic amide) rings is 1. The molecule has 7 nitrogen and oxygen atoms in total. The van der Waals surface area contributed by atoms with Crippen LogP contribution in [-0.4, -0.2) is 49.2 Å². The van der Waals surface area contributed by atoms with Gasteiger partial charge in [-0.25, -0.2) is 4.79 Å². The molecular formula is C13H11ClN2O5S2. The number of thiophene rings is 1. The van der Waals surface area contributed by atoms with Gasteiger partial charge in [-0.15, -0.1) is 11.3 Å². The molecule has 0 bridgehead atoms. The van der Waals surface area contributed by atoms with E-state index in [0.717, 1.165) is 9.78 Å². The maximum atomic E-state index is 12.2. The molecule has 23 heavy (non-hydrogen) atoms. The monoisotopic (exact) mass is 374 g/mol. The summed E-state index contributed by atoms with van der Waals surface area (Å²) < 4.78 is 12.1. The largest absolute Gasteiger partial charge is 0.477 e. The number of carboxylic acids is 1. The lowest BCUT2D eigenvalue weighted by atomic mass is 10.0. The molecule has 3 heterocycles. The van der Waals surface area contributed by atoms with Crippen LogP contribution in [0.15, 0.2) is 28.2 Å². The molecule has 10 heteroatoms. The van der Waals surface area contributed by atoms with E-state index in [-0.39, 0.29) is 28.8 Å². The molecule has 0 saturated carbocycles. The Morgan fingerprint density at radius 1 is 1.52 bits per heavy atom. The summed E-state index contributed by atoms with van der Waals surface area (Å²) in [5.74, 6) is -2.49. The minimum atomic E-state index is -1.56. The number of nitrogens with zero attached hydrogens (tertiary/aromatic N) is 1. The van der Waals surface area contributed by atoms with E-state index in [1.807, 2.05) is 11.4 Å². The van der Waals surface area contributed by atoms with E-state index in [9.17, 15) is 18.6 Å². The fourth-order valence-electron chi connectivity index (χ4n) is 2.53. The quantitative estimate of drug-likeness (QED) is 0.735. The molecule has 2 aliphatic rings. The van der Waals surface area contributed by atoms with Gasteiger partial charge in [0, 0.05) is 4.88 Å². The van der Waals surface area contributed by atoms with E-state index >= 15 is 0 Å². The van der Waals surface area contributed by atoms with Crippen molar-refractivity contribution in [2.75, 3.05) is 5.75 Å². The molecule has 1 aromatic rings. The Labute approximate surface area is 142 Å². The van der Waals surface area contributed by atoms with Gasteiger partial charge in [-0.05, 0) is 11.4 Å². The molecule has 0 spiro atoms. The predicted octanol–water partition coefficient (Wildman–Crippen LogP) is 0.241. The molecule has 2 N–H and O–H groups in total. The smallest absolute Gasteiger partial charge is 0.353 e. The first kappa shape index (κ1) is 16.2. The van der Waals surface area contributed by atoms with Crippen LogP contribution in [0, 0.1) is 0 Å². The number of hydrogen-bond acceptors (Lipinski definition) is 5. The van der Waals surface area contributed by atoms with Crippen LogP contribution in [0.2, 0.25) is 0 Å². The van der Waals surface area contributed by atoms with E-state index in [0.29, 0.717) is 0 Å². The summed E-state index contributed by atoms with van der Waals surface area (Å²) in [6, 6.07) is 2.62. The summed E-state index contributed by atoms with van der Waals surface area (Å²) in [7, 11) is -1.56. The normalized spacial score (nSPS) is 26.6. The van der Waals surface area contributed by atoms with Crippen molar-refractivity contribution in [1.82, 2.24) is 10.2 Å². The maximum Gasteiger partial charge on any atom is 0.353 e. The Bertz CT molecular complexity index is 746. The fourth-order valence-corrected chi connectivity index (χ4v) is 5.22. The lowest BCUT2D eigenvalue weighted by Gasteiger charge is -2.48. The van der Waals surface area contributed by atoms with Crippen LogP contribution in [0.25, 0.3) is 0 Å². The Morgan fingerprint density at radius 3 is 2.87 bits per heavy atom. The number of nitrogens with one attached hydrogen (secondary N) is 1. The lowest BCUT2D eigenvalue weighted by molar-refractivity contribution is -0.150. The van der Waals surface area contributed by atoms with Gasteiger partial charge in [0.15, 0.2) is 0 Å². The second kappa shape index (κ2) is 6.06. The summed E-state index contributed by atoms with van der Waals surface area (Å²) in [4.78, 5) is 37.1. The summed E-state index contributed by atoms with van der Waals surface area (Å²) in [5.41, 5.74) is -0.356. The highest BCUT2D eigenvalue weighted by molar-refractivity contribution is 7.86. The van der Waals surface area contributed by atoms with E-state index in [2.05, 4.69) is 5.32 Å². The lowest BCUT2D eigenvalue weighted by Crippen LogP contribution is -2.73. The SMILES string of the molecule is O=C(Cc1cccs1)NC1C(=O)N2C(C(=O)O)=C(Cl)CS(=O)[C@H]12. The van der Waals surface area contributed by atoms with Crippen LogP contribution in [0.1, 0.15) is 4.88 Å². The molecule has 0 radical (unpaired) electrons. The Hall–Kier alpha value is -1.71. The fraction of sp³-hybridized carbons (Fsp3) is 0.308. The number of carboxylic acid groups (broad SMARTS) is 1. The molecule has 122 valence electrons. The van der Waals surface area contributed by atoms with E-state index in [1.54, 1.807) is 6.07 Å². The zero-order valence-electron chi connectivity index (χ0n) is 11.5. The Morgan fingerprint density at radius 2 is 2.26 bits per heavy atom. The third-order valence-corrected chi connectivity index (χ3v) is 6.46. The summed E-state index contributed by atoms with van der Waals surface area (Å²) in [6.45, 7) is 0. The second-order valence-corrected chi connectivity index (χ2v) is 8.01. The molecule has 2 amide bonds. The first-order valence-corrected chi connectivity index (χ1v) is 9.18. The number of aliphatic carboxylic acids is 1. The summed E-state index contributed by atoms with van der Waals surface area (Å²) in [6.07, 6.45) is 0.114. The third kappa shape index (κ3) is 2.79. The van der Waals surface area contributed by atoms with Crippen LogP contribution in [0.3, 0.4) is 0 Å². The van der Waals surface area contributed by atoms with Crippen molar-refractivity contribution in [2.24, 2.45) is 0 Å². The Balaban J connectivity index is 1.75. The van der Waals surface area contributed by atoms with Crippen molar-refractivity contribution in [3.63, 3.8) is 0 Å². The van der Waals surface area contributed by atoms with Crippen molar-refractivity contribution in [2.45, 2.75) is 17.8 Å². The molecule has 2 unspecified atom stereocenters. The first-order valence-electron chi connectivity index (χ1n) is 6.54. The van der Waals surface area contributed by atoms with E-state index < -0.39 is 34.1 Å². The molecular weight excluding hydrogens is 364 g/mol. The number of fused-ring (bicyclic) bond motifs is 1. The molecule has 1 saturated heterocycles. The molecule has 1 fully saturated rings. The number of carbonyl (C=O) groups is 3. The van der Waals surface area contributed by atoms with Crippen molar-refractivity contribution in [1.29, 1.82) is 0 Å². The van der Waals surface area contributed by atoms with Gasteiger partial charge < -0.3 is 10.4 Å². The van der Waals surface area contributed by atoms with Gasteiger partial charge in [0.2, 0.25) is 5.91 Å². The minimum Gasteiger partial charge on any atom is -0.477 e. The van der Waals surface area contributed by atoms with Crippen LogP contribution < -0.4 is 5.32 Å². The Kier molecular flexibility index (Phi) is 4.26. The van der Waals surface area contributed by atoms with Gasteiger partial charge in [-0.2, -0.15) is 0 Å². The van der Waals surface area contributed by atoms with Crippen molar-refractivity contribution >= 4 is 51.5 Å². The van der Waals surface area contributed by atoms with Crippen LogP contribution in [0.4, 0.5) is 0 Å². The number of halogens is 1. The van der Waals surface area contributed by atoms with Crippen LogP contribution >= 0.6 is 22.9 Å². The van der Waals surface area contributed by atoms with Gasteiger partial charge >= 0.3 is 5.97 Å². The second-order valence-electron chi connectivity index (χ2n) is 4.98. The molecule has 0 aromatic carbocycles. The number of rotatable bonds is 4. The molecule has 3 atom stereocenters. The highest BCUT2D eigenvalue weighted by Crippen LogP contribution is 2.36. The standard InChI is InChI=1S/C13H11ClN2O5S2/c14-7-5-23(21)12-9(11(18)16(12)10(7)13(19)20)15-8(17)4-6-2-1-3-22-6/h1-3,9,12H,4-5H2,(H,15,17)(H,19,20)/t9?,12-,23?/m1/s1. The molecule has 2 aliphatic heterocycles. The molecule has 1 aromatic heterocycles. The zero-order chi connectivity index (χ0) is 16.7. The van der Waals surface area contributed by atoms with Crippen molar-refractivity contribution < 1.29 is 23.7 Å². The third-order valence-electron chi connectivity index (χ3n) is 3.51. The van der Waals surface area contributed by atoms with Crippen LogP contribution in [-0.2, 0) is 31.6 Å². The molecule has 0 aliphatic carbocycles. The summed E-state index contributed by atoms with van der Waals surface area (Å²) >= 11 is 7.22. The first-order chi connectivity index (χ1) is 10.9. The predicted molar refractivity (Wildman–Crippen MR) is 84.1 cm³/mol. The maximum absolute atomic E-state index is 12.2. The van der Waals surface area contributed by atoms with Gasteiger partial charge in [0.25, 0.3) is 5.91 Å². The summed E-state index contributed by atoms with van der Waals surface area (Å²) in [5, 5.41) is 12.5. The van der Waals surface area contributed by atoms with Gasteiger partial charge in [0.1, 0.15) is 17.1 Å². The van der Waals surface area contributed by atoms with E-state index in [4.69, 9.17) is 16.7 Å². The zero-order valence-corrected chi connectivity index (χ0v) is 13.9. The number of amides is 2. The average Bonchev–Trinajstić information content (AvgIpc) is 2.96. The number of hydrogen-bond donors (Lipinski definition) is 2. The number of carbonyl (C=O) groups excluding carboxylic acids is 2. The van der Waals surface area contributed by atoms with Gasteiger partial charge in [-0.3, -0.25) is 18.7 Å². The highest BCUT2D eigenvalue weighted by Gasteiger charge is 2.57. The van der Waals surface area contributed by atoms with Gasteiger partial charge in [0.05, 0.1) is 28.0 Å².